The van der Waals surface area contributed by atoms with Crippen LogP contribution >= 0.6 is 0 Å². The van der Waals surface area contributed by atoms with Gasteiger partial charge in [0.1, 0.15) is 0 Å². The van der Waals surface area contributed by atoms with Crippen molar-refractivity contribution in [1.82, 2.24) is 0 Å². The first-order chi connectivity index (χ1) is 12.3. The second kappa shape index (κ2) is 8.62. The van der Waals surface area contributed by atoms with Gasteiger partial charge in [0.15, 0.2) is 0 Å². The number of para-hydroxylation sites is 3. The predicted octanol–water partition coefficient (Wildman–Crippen LogP) is 5.35. The normalized spacial score (nSPS) is 10.7. The van der Waals surface area contributed by atoms with E-state index in [0.29, 0.717) is 4.44 Å². The number of hydrogen-bond acceptors (Lipinski definition) is 3. The molecule has 0 atom stereocenters. The van der Waals surface area contributed by atoms with Crippen molar-refractivity contribution in [1.29, 1.82) is 0 Å². The summed E-state index contributed by atoms with van der Waals surface area (Å²) in [5, 5.41) is 0. The van der Waals surface area contributed by atoms with Crippen LogP contribution in [0.1, 0.15) is 0 Å². The quantitative estimate of drug-likeness (QED) is 0.350. The third-order valence-corrected chi connectivity index (χ3v) is 10.4. The molecular weight excluding hydrogens is 419 g/mol. The molecule has 0 bridgehead atoms. The van der Waals surface area contributed by atoms with Crippen molar-refractivity contribution in [2.24, 2.45) is 0 Å². The Balaban J connectivity index is 1.95. The SMILES string of the molecule is C=C[CH2][Sn]([O]c1ccccc1)([O]c1ccccc1)[O]c1ccccc1. The molecule has 0 radical (unpaired) electrons. The van der Waals surface area contributed by atoms with Gasteiger partial charge < -0.3 is 0 Å². The van der Waals surface area contributed by atoms with Crippen molar-refractivity contribution in [3.63, 3.8) is 0 Å². The molecule has 3 aromatic rings. The number of hydrogen-bond donors (Lipinski definition) is 0. The van der Waals surface area contributed by atoms with E-state index in [1.807, 2.05) is 97.1 Å². The van der Waals surface area contributed by atoms with Gasteiger partial charge in [-0.25, -0.2) is 0 Å². The molecule has 0 unspecified atom stereocenters. The Morgan fingerprint density at radius 3 is 1.20 bits per heavy atom. The predicted molar refractivity (Wildman–Crippen MR) is 102 cm³/mol. The zero-order valence-corrected chi connectivity index (χ0v) is 16.7. The zero-order valence-electron chi connectivity index (χ0n) is 13.9. The topological polar surface area (TPSA) is 27.7 Å². The van der Waals surface area contributed by atoms with E-state index in [9.17, 15) is 0 Å². The zero-order chi connectivity index (χ0) is 17.4. The van der Waals surface area contributed by atoms with E-state index < -0.39 is 19.6 Å². The van der Waals surface area contributed by atoms with Crippen molar-refractivity contribution in [2.75, 3.05) is 0 Å². The van der Waals surface area contributed by atoms with Gasteiger partial charge in [-0.3, -0.25) is 0 Å². The van der Waals surface area contributed by atoms with Gasteiger partial charge in [-0.05, 0) is 0 Å². The molecule has 0 saturated heterocycles. The van der Waals surface area contributed by atoms with Crippen LogP contribution < -0.4 is 9.22 Å². The molecular formula is C21H20O3Sn. The maximum absolute atomic E-state index is 6.34. The fourth-order valence-corrected chi connectivity index (χ4v) is 8.69. The first kappa shape index (κ1) is 17.4. The third kappa shape index (κ3) is 5.03. The molecule has 0 fully saturated rings. The summed E-state index contributed by atoms with van der Waals surface area (Å²) < 4.78 is 19.6. The van der Waals surface area contributed by atoms with Crippen molar-refractivity contribution in [3.05, 3.63) is 104 Å². The molecule has 0 N–H and O–H groups in total. The Morgan fingerprint density at radius 1 is 0.600 bits per heavy atom. The molecule has 3 rings (SSSR count). The fraction of sp³-hybridized carbons (Fsp3) is 0.0476. The maximum atomic E-state index is 6.34. The van der Waals surface area contributed by atoms with Gasteiger partial charge >= 0.3 is 154 Å². The van der Waals surface area contributed by atoms with E-state index in [2.05, 4.69) is 6.58 Å². The van der Waals surface area contributed by atoms with Gasteiger partial charge in [0.25, 0.3) is 0 Å². The molecule has 0 heterocycles. The van der Waals surface area contributed by atoms with Crippen LogP contribution in [0.2, 0.25) is 4.44 Å². The summed E-state index contributed by atoms with van der Waals surface area (Å²) in [7, 11) is 0. The molecule has 0 spiro atoms. The molecule has 3 nitrogen and oxygen atoms in total. The summed E-state index contributed by atoms with van der Waals surface area (Å²) in [6, 6.07) is 29.0. The second-order valence-electron chi connectivity index (χ2n) is 5.42. The van der Waals surface area contributed by atoms with Crippen molar-refractivity contribution < 1.29 is 9.22 Å². The van der Waals surface area contributed by atoms with Crippen LogP contribution in [0.5, 0.6) is 17.2 Å². The van der Waals surface area contributed by atoms with Gasteiger partial charge in [0, 0.05) is 0 Å². The van der Waals surface area contributed by atoms with Crippen LogP contribution in [-0.2, 0) is 0 Å². The summed E-state index contributed by atoms with van der Waals surface area (Å²) in [6.07, 6.45) is 1.81. The Morgan fingerprint density at radius 2 is 0.920 bits per heavy atom. The third-order valence-electron chi connectivity index (χ3n) is 3.44. The first-order valence-electron chi connectivity index (χ1n) is 8.13. The van der Waals surface area contributed by atoms with Gasteiger partial charge in [0.2, 0.25) is 0 Å². The summed E-state index contributed by atoms with van der Waals surface area (Å²) in [5.41, 5.74) is 0. The number of rotatable bonds is 8. The average Bonchev–Trinajstić information content (AvgIpc) is 2.64. The molecule has 3 aromatic carbocycles. The van der Waals surface area contributed by atoms with E-state index >= 15 is 0 Å². The van der Waals surface area contributed by atoms with Crippen LogP contribution in [0.15, 0.2) is 104 Å². The Kier molecular flexibility index (Phi) is 6.01. The standard InChI is InChI=1S/3C6H6O.C3H5.Sn/c3*7-6-4-2-1-3-5-6;1-3-2;/h3*1-5,7H;3H,1-2H2;/q;;;;+3/p-3. The summed E-state index contributed by atoms with van der Waals surface area (Å²) in [6.45, 7) is 3.88. The molecule has 0 aliphatic heterocycles. The number of allylic oxidation sites excluding steroid dienone is 1. The van der Waals surface area contributed by atoms with Crippen molar-refractivity contribution in [3.8, 4) is 17.2 Å². The van der Waals surface area contributed by atoms with E-state index in [1.165, 1.54) is 0 Å². The molecule has 0 saturated carbocycles. The fourth-order valence-electron chi connectivity index (χ4n) is 2.37. The van der Waals surface area contributed by atoms with Gasteiger partial charge in [0.05, 0.1) is 0 Å². The van der Waals surface area contributed by atoms with Gasteiger partial charge in [-0.1, -0.05) is 0 Å². The minimum absolute atomic E-state index is 0.549. The Bertz CT molecular complexity index is 675. The molecule has 0 aliphatic carbocycles. The van der Waals surface area contributed by atoms with E-state index in [4.69, 9.17) is 9.22 Å². The minimum atomic E-state index is -4.05. The molecule has 0 aromatic heterocycles. The number of benzene rings is 3. The van der Waals surface area contributed by atoms with Crippen LogP contribution in [-0.4, -0.2) is 19.6 Å². The van der Waals surface area contributed by atoms with E-state index in [1.54, 1.807) is 0 Å². The van der Waals surface area contributed by atoms with Crippen molar-refractivity contribution in [2.45, 2.75) is 4.44 Å². The van der Waals surface area contributed by atoms with Gasteiger partial charge in [-0.15, -0.1) is 0 Å². The summed E-state index contributed by atoms with van der Waals surface area (Å²) in [4.78, 5) is 0. The molecule has 25 heavy (non-hydrogen) atoms. The Hall–Kier alpha value is -2.40. The molecule has 0 aliphatic rings. The van der Waals surface area contributed by atoms with Crippen LogP contribution in [0.3, 0.4) is 0 Å². The summed E-state index contributed by atoms with van der Waals surface area (Å²) >= 11 is -4.05. The molecule has 4 heteroatoms. The average molecular weight is 439 g/mol. The molecule has 126 valence electrons. The second-order valence-corrected chi connectivity index (χ2v) is 12.2. The van der Waals surface area contributed by atoms with Crippen molar-refractivity contribution >= 4 is 19.6 Å². The monoisotopic (exact) mass is 440 g/mol. The van der Waals surface area contributed by atoms with Crippen LogP contribution in [0.4, 0.5) is 0 Å². The Labute approximate surface area is 154 Å². The van der Waals surface area contributed by atoms with Crippen LogP contribution in [0, 0.1) is 0 Å². The first-order valence-corrected chi connectivity index (χ1v) is 13.6. The summed E-state index contributed by atoms with van der Waals surface area (Å²) in [5.74, 6) is 2.23. The molecule has 0 amide bonds. The van der Waals surface area contributed by atoms with Crippen LogP contribution in [0.25, 0.3) is 0 Å². The van der Waals surface area contributed by atoms with Gasteiger partial charge in [-0.2, -0.15) is 0 Å². The van der Waals surface area contributed by atoms with E-state index in [0.717, 1.165) is 17.2 Å². The van der Waals surface area contributed by atoms with E-state index in [-0.39, 0.29) is 0 Å².